The van der Waals surface area contributed by atoms with Gasteiger partial charge in [0, 0.05) is 31.8 Å². The zero-order valence-corrected chi connectivity index (χ0v) is 15.2. The Morgan fingerprint density at radius 1 is 1.06 bits per heavy atom. The van der Waals surface area contributed by atoms with Crippen LogP contribution in [0.5, 0.6) is 0 Å². The van der Waals surface area contributed by atoms with E-state index < -0.39 is 0 Å². The topological polar surface area (TPSA) is 0 Å². The van der Waals surface area contributed by atoms with Crippen LogP contribution in [0.25, 0.3) is 6.08 Å². The molecular formula is C17H21Hf. The summed E-state index contributed by atoms with van der Waals surface area (Å²) in [6.07, 6.45) is 9.55. The average Bonchev–Trinajstić information content (AvgIpc) is 2.74. The Morgan fingerprint density at radius 3 is 2.39 bits per heavy atom. The van der Waals surface area contributed by atoms with Crippen LogP contribution in [0.1, 0.15) is 55.9 Å². The van der Waals surface area contributed by atoms with Gasteiger partial charge in [-0.1, -0.05) is 51.5 Å². The molecule has 0 saturated heterocycles. The van der Waals surface area contributed by atoms with E-state index in [-0.39, 0.29) is 25.8 Å². The third kappa shape index (κ3) is 2.43. The van der Waals surface area contributed by atoms with Crippen molar-refractivity contribution in [3.8, 4) is 0 Å². The van der Waals surface area contributed by atoms with E-state index in [1.807, 2.05) is 0 Å². The van der Waals surface area contributed by atoms with Crippen molar-refractivity contribution in [2.24, 2.45) is 5.41 Å². The molecule has 0 aromatic heterocycles. The maximum atomic E-state index is 2.46. The number of hydrogen-bond acceptors (Lipinski definition) is 0. The van der Waals surface area contributed by atoms with Gasteiger partial charge < -0.3 is 0 Å². The van der Waals surface area contributed by atoms with Gasteiger partial charge >= 0.3 is 0 Å². The molecule has 1 radical (unpaired) electrons. The van der Waals surface area contributed by atoms with E-state index in [2.05, 4.69) is 45.1 Å². The standard InChI is InChI=1S/C17H21.Hf/c1-4-5-12-6-7-13-8-14-10-17(2,3)11-15(14)9-16(12)13;/h6-9H,4-5,10-11H2,1-3H3;. The molecule has 0 amide bonds. The van der Waals surface area contributed by atoms with Gasteiger partial charge in [-0.3, -0.25) is 0 Å². The van der Waals surface area contributed by atoms with Gasteiger partial charge in [0.15, 0.2) is 0 Å². The first kappa shape index (κ1) is 14.2. The summed E-state index contributed by atoms with van der Waals surface area (Å²) in [6, 6.07) is 4.89. The van der Waals surface area contributed by atoms with Gasteiger partial charge in [-0.05, 0) is 46.9 Å². The summed E-state index contributed by atoms with van der Waals surface area (Å²) < 4.78 is 0. The largest absolute Gasteiger partial charge is 0.0721 e. The summed E-state index contributed by atoms with van der Waals surface area (Å²) in [7, 11) is 0. The van der Waals surface area contributed by atoms with E-state index in [0.717, 1.165) is 0 Å². The summed E-state index contributed by atoms with van der Waals surface area (Å²) in [5.41, 5.74) is 6.59. The molecule has 1 aromatic rings. The van der Waals surface area contributed by atoms with Crippen molar-refractivity contribution in [3.63, 3.8) is 0 Å². The van der Waals surface area contributed by atoms with Crippen LogP contribution in [-0.4, -0.2) is 0 Å². The molecule has 1 heteroatoms. The molecule has 2 aliphatic carbocycles. The molecule has 0 nitrogen and oxygen atoms in total. The fourth-order valence-corrected chi connectivity index (χ4v) is 3.31. The van der Waals surface area contributed by atoms with Gasteiger partial charge in [0.1, 0.15) is 0 Å². The van der Waals surface area contributed by atoms with Gasteiger partial charge in [-0.15, -0.1) is 0 Å². The Morgan fingerprint density at radius 2 is 1.72 bits per heavy atom. The third-order valence-electron chi connectivity index (χ3n) is 4.04. The summed E-state index contributed by atoms with van der Waals surface area (Å²) >= 11 is 0. The van der Waals surface area contributed by atoms with Crippen LogP contribution in [-0.2, 0) is 38.7 Å². The molecule has 0 fully saturated rings. The predicted molar refractivity (Wildman–Crippen MR) is 73.9 cm³/mol. The van der Waals surface area contributed by atoms with Crippen LogP contribution in [0.2, 0.25) is 0 Å². The van der Waals surface area contributed by atoms with Crippen LogP contribution in [0.3, 0.4) is 0 Å². The second-order valence-electron chi connectivity index (χ2n) is 6.33. The number of fused-ring (bicyclic) bond motifs is 2. The minimum absolute atomic E-state index is 0. The smallest absolute Gasteiger partial charge is 0.0273 e. The Kier molecular flexibility index (Phi) is 4.02. The van der Waals surface area contributed by atoms with Crippen LogP contribution in [0.15, 0.2) is 18.2 Å². The van der Waals surface area contributed by atoms with E-state index in [0.29, 0.717) is 5.41 Å². The number of benzene rings is 1. The molecule has 0 bridgehead atoms. The van der Waals surface area contributed by atoms with Crippen molar-refractivity contribution in [2.45, 2.75) is 46.5 Å². The van der Waals surface area contributed by atoms with E-state index in [1.54, 1.807) is 11.1 Å². The van der Waals surface area contributed by atoms with E-state index in [4.69, 9.17) is 0 Å². The Hall–Kier alpha value is -0.170. The van der Waals surface area contributed by atoms with E-state index in [1.165, 1.54) is 42.7 Å². The van der Waals surface area contributed by atoms with Crippen LogP contribution in [0.4, 0.5) is 0 Å². The maximum Gasteiger partial charge on any atom is 0.0273 e. The molecule has 0 atom stereocenters. The molecule has 18 heavy (non-hydrogen) atoms. The first-order valence-corrected chi connectivity index (χ1v) is 6.79. The van der Waals surface area contributed by atoms with Crippen molar-refractivity contribution in [2.75, 3.05) is 0 Å². The normalized spacial score (nSPS) is 19.5. The fourth-order valence-electron chi connectivity index (χ4n) is 3.31. The molecule has 0 heterocycles. The summed E-state index contributed by atoms with van der Waals surface area (Å²) in [5, 5.41) is 0. The Labute approximate surface area is 130 Å². The van der Waals surface area contributed by atoms with Crippen molar-refractivity contribution < 1.29 is 25.8 Å². The molecule has 0 N–H and O–H groups in total. The monoisotopic (exact) mass is 405 g/mol. The van der Waals surface area contributed by atoms with Crippen molar-refractivity contribution in [3.05, 3.63) is 46.4 Å². The van der Waals surface area contributed by atoms with Crippen molar-refractivity contribution >= 4 is 6.08 Å². The van der Waals surface area contributed by atoms with Crippen molar-refractivity contribution in [1.82, 2.24) is 0 Å². The van der Waals surface area contributed by atoms with Gasteiger partial charge in [-0.2, -0.15) is 0 Å². The quantitative estimate of drug-likeness (QED) is 0.635. The van der Waals surface area contributed by atoms with Gasteiger partial charge in [0.2, 0.25) is 0 Å². The molecule has 0 spiro atoms. The summed E-state index contributed by atoms with van der Waals surface area (Å²) in [4.78, 5) is 0. The molecule has 0 unspecified atom stereocenters. The van der Waals surface area contributed by atoms with Crippen LogP contribution >= 0.6 is 0 Å². The summed E-state index contributed by atoms with van der Waals surface area (Å²) in [5.74, 6) is 1.54. The number of hydrogen-bond donors (Lipinski definition) is 0. The predicted octanol–water partition coefficient (Wildman–Crippen LogP) is 4.56. The molecule has 3 rings (SSSR count). The SMILES string of the molecule is CCC[C]1C=Cc2cc3c(cc21)CC(C)(C)C3.[Hf]. The van der Waals surface area contributed by atoms with Gasteiger partial charge in [0.05, 0.1) is 0 Å². The second kappa shape index (κ2) is 5.07. The molecule has 1 aromatic carbocycles. The minimum Gasteiger partial charge on any atom is -0.0721 e. The fraction of sp³-hybridized carbons (Fsp3) is 0.471. The Bertz CT molecular complexity index is 483. The summed E-state index contributed by atoms with van der Waals surface area (Å²) in [6.45, 7) is 7.02. The van der Waals surface area contributed by atoms with Gasteiger partial charge in [0.25, 0.3) is 0 Å². The zero-order valence-electron chi connectivity index (χ0n) is 11.6. The first-order chi connectivity index (χ1) is 8.09. The Balaban J connectivity index is 0.00000120. The molecule has 0 saturated carbocycles. The van der Waals surface area contributed by atoms with Crippen LogP contribution in [0, 0.1) is 11.3 Å². The molecular weight excluding hydrogens is 383 g/mol. The van der Waals surface area contributed by atoms with Crippen molar-refractivity contribution in [1.29, 1.82) is 0 Å². The third-order valence-corrected chi connectivity index (χ3v) is 4.04. The van der Waals surface area contributed by atoms with Crippen LogP contribution < -0.4 is 0 Å². The number of rotatable bonds is 2. The first-order valence-electron chi connectivity index (χ1n) is 6.79. The zero-order chi connectivity index (χ0) is 12.0. The van der Waals surface area contributed by atoms with E-state index >= 15 is 0 Å². The molecule has 0 aliphatic heterocycles. The number of allylic oxidation sites excluding steroid dienone is 1. The second-order valence-corrected chi connectivity index (χ2v) is 6.33. The molecule has 93 valence electrons. The molecule has 2 aliphatic rings. The maximum absolute atomic E-state index is 2.46. The van der Waals surface area contributed by atoms with E-state index in [9.17, 15) is 0 Å². The minimum atomic E-state index is 0. The van der Waals surface area contributed by atoms with Gasteiger partial charge in [-0.25, -0.2) is 0 Å². The average molecular weight is 404 g/mol.